The molecule has 1 aliphatic rings. The number of piperidine rings is 1. The minimum Gasteiger partial charge on any atom is -0.457 e. The Kier molecular flexibility index (Phi) is 4.32. The minimum absolute atomic E-state index is 0.0815. The van der Waals surface area contributed by atoms with Crippen LogP contribution in [0.2, 0.25) is 0 Å². The van der Waals surface area contributed by atoms with E-state index in [-0.39, 0.29) is 18.6 Å². The average Bonchev–Trinajstić information content (AvgIpc) is 3.03. The van der Waals surface area contributed by atoms with Gasteiger partial charge in [0.25, 0.3) is 0 Å². The Morgan fingerprint density at radius 3 is 2.68 bits per heavy atom. The van der Waals surface area contributed by atoms with Gasteiger partial charge < -0.3 is 9.64 Å². The molecule has 3 rings (SSSR count). The van der Waals surface area contributed by atoms with E-state index in [1.165, 1.54) is 12.6 Å². The molecule has 1 aromatic carbocycles. The molecule has 2 aromatic rings. The van der Waals surface area contributed by atoms with Crippen LogP contribution in [0, 0.1) is 0 Å². The van der Waals surface area contributed by atoms with Crippen molar-refractivity contribution in [3.8, 4) is 0 Å². The maximum Gasteiger partial charge on any atom is 0.303 e. The number of hydrogen-bond donors (Lipinski definition) is 0. The summed E-state index contributed by atoms with van der Waals surface area (Å²) in [5.74, 6) is 0.105. The lowest BCUT2D eigenvalue weighted by Crippen LogP contribution is -2.35. The molecule has 0 aliphatic carbocycles. The van der Waals surface area contributed by atoms with E-state index in [4.69, 9.17) is 4.74 Å². The number of para-hydroxylation sites is 1. The Hall–Kier alpha value is -2.44. The summed E-state index contributed by atoms with van der Waals surface area (Å²) in [7, 11) is 0. The van der Waals surface area contributed by atoms with Gasteiger partial charge in [0.15, 0.2) is 6.61 Å². The first-order valence-electron chi connectivity index (χ1n) is 7.44. The lowest BCUT2D eigenvalue weighted by atomic mass is 10.1. The number of hydrogen-bond acceptors (Lipinski definition) is 6. The number of aromatic nitrogens is 4. The minimum atomic E-state index is -0.340. The third-order valence-corrected chi connectivity index (χ3v) is 3.79. The summed E-state index contributed by atoms with van der Waals surface area (Å²) in [4.78, 5) is 14.8. The molecule has 116 valence electrons. The fraction of sp³-hybridized carbons (Fsp3) is 0.467. The Labute approximate surface area is 128 Å². The zero-order valence-corrected chi connectivity index (χ0v) is 12.6. The molecule has 2 heterocycles. The lowest BCUT2D eigenvalue weighted by molar-refractivity contribution is -0.142. The fourth-order valence-corrected chi connectivity index (χ4v) is 2.63. The normalized spacial score (nSPS) is 15.8. The molecular formula is C15H19N5O2. The second-order valence-corrected chi connectivity index (χ2v) is 5.36. The highest BCUT2D eigenvalue weighted by Gasteiger charge is 2.22. The van der Waals surface area contributed by atoms with Crippen molar-refractivity contribution in [1.82, 2.24) is 20.2 Å². The molecule has 1 saturated heterocycles. The van der Waals surface area contributed by atoms with E-state index in [0.29, 0.717) is 5.82 Å². The topological polar surface area (TPSA) is 73.1 Å². The van der Waals surface area contributed by atoms with Crippen LogP contribution in [0.25, 0.3) is 0 Å². The molecule has 0 amide bonds. The third kappa shape index (κ3) is 3.41. The molecule has 0 N–H and O–H groups in total. The number of benzene rings is 1. The smallest absolute Gasteiger partial charge is 0.303 e. The molecule has 7 nitrogen and oxygen atoms in total. The van der Waals surface area contributed by atoms with Gasteiger partial charge in [0.05, 0.1) is 6.04 Å². The molecule has 1 fully saturated rings. The molecule has 7 heteroatoms. The van der Waals surface area contributed by atoms with E-state index in [0.717, 1.165) is 25.9 Å². The van der Waals surface area contributed by atoms with Crippen LogP contribution >= 0.6 is 0 Å². The van der Waals surface area contributed by atoms with Gasteiger partial charge in [-0.3, -0.25) is 4.79 Å². The van der Waals surface area contributed by atoms with Crippen molar-refractivity contribution in [3.05, 3.63) is 36.2 Å². The highest BCUT2D eigenvalue weighted by molar-refractivity contribution is 5.65. The molecule has 1 aromatic heterocycles. The van der Waals surface area contributed by atoms with Gasteiger partial charge in [-0.15, -0.1) is 10.2 Å². The van der Waals surface area contributed by atoms with Gasteiger partial charge in [0.2, 0.25) is 5.82 Å². The summed E-state index contributed by atoms with van der Waals surface area (Å²) in [6, 6.07) is 10.7. The number of rotatable bonds is 4. The van der Waals surface area contributed by atoms with Gasteiger partial charge in [0.1, 0.15) is 0 Å². The quantitative estimate of drug-likeness (QED) is 0.798. The predicted molar refractivity (Wildman–Crippen MR) is 80.2 cm³/mol. The van der Waals surface area contributed by atoms with Crippen LogP contribution in [-0.4, -0.2) is 39.3 Å². The zero-order chi connectivity index (χ0) is 15.4. The molecule has 0 atom stereocenters. The molecular weight excluding hydrogens is 282 g/mol. The Morgan fingerprint density at radius 2 is 2.00 bits per heavy atom. The van der Waals surface area contributed by atoms with Crippen molar-refractivity contribution in [1.29, 1.82) is 0 Å². The molecule has 22 heavy (non-hydrogen) atoms. The standard InChI is InChI=1S/C15H19N5O2/c1-12(21)22-11-15-16-18-20(17-15)14-7-9-19(10-8-14)13-5-3-2-4-6-13/h2-6,14H,7-11H2,1H3. The Balaban J connectivity index is 1.56. The molecule has 0 radical (unpaired) electrons. The lowest BCUT2D eigenvalue weighted by Gasteiger charge is -2.32. The first kappa shape index (κ1) is 14.5. The van der Waals surface area contributed by atoms with Gasteiger partial charge >= 0.3 is 5.97 Å². The van der Waals surface area contributed by atoms with Gasteiger partial charge in [-0.05, 0) is 30.2 Å². The highest BCUT2D eigenvalue weighted by Crippen LogP contribution is 2.25. The summed E-state index contributed by atoms with van der Waals surface area (Å²) in [5, 5.41) is 12.3. The van der Waals surface area contributed by atoms with Crippen molar-refractivity contribution in [3.63, 3.8) is 0 Å². The highest BCUT2D eigenvalue weighted by atomic mass is 16.5. The van der Waals surface area contributed by atoms with Crippen LogP contribution in [0.15, 0.2) is 30.3 Å². The Morgan fingerprint density at radius 1 is 1.27 bits per heavy atom. The van der Waals surface area contributed by atoms with Crippen molar-refractivity contribution in [2.45, 2.75) is 32.4 Å². The molecule has 0 unspecified atom stereocenters. The largest absolute Gasteiger partial charge is 0.457 e. The number of tetrazole rings is 1. The van der Waals surface area contributed by atoms with Gasteiger partial charge in [-0.25, -0.2) is 0 Å². The van der Waals surface area contributed by atoms with Gasteiger partial charge in [-0.1, -0.05) is 18.2 Å². The summed E-state index contributed by atoms with van der Waals surface area (Å²) in [6.45, 7) is 3.38. The van der Waals surface area contributed by atoms with Gasteiger partial charge in [0, 0.05) is 25.7 Å². The molecule has 0 spiro atoms. The van der Waals surface area contributed by atoms with Crippen LogP contribution in [0.3, 0.4) is 0 Å². The van der Waals surface area contributed by atoms with Crippen LogP contribution in [0.5, 0.6) is 0 Å². The predicted octanol–water partition coefficient (Wildman–Crippen LogP) is 1.58. The molecule has 1 aliphatic heterocycles. The van der Waals surface area contributed by atoms with Crippen molar-refractivity contribution >= 4 is 11.7 Å². The number of carbonyl (C=O) groups excluding carboxylic acids is 1. The van der Waals surface area contributed by atoms with Crippen LogP contribution in [0.4, 0.5) is 5.69 Å². The number of esters is 1. The Bertz CT molecular complexity index is 620. The summed E-state index contributed by atoms with van der Waals surface area (Å²) >= 11 is 0. The van der Waals surface area contributed by atoms with Crippen molar-refractivity contribution in [2.24, 2.45) is 0 Å². The number of carbonyl (C=O) groups is 1. The monoisotopic (exact) mass is 301 g/mol. The van der Waals surface area contributed by atoms with E-state index >= 15 is 0 Å². The third-order valence-electron chi connectivity index (χ3n) is 3.79. The van der Waals surface area contributed by atoms with E-state index in [1.807, 2.05) is 6.07 Å². The molecule has 0 bridgehead atoms. The van der Waals surface area contributed by atoms with Gasteiger partial charge in [-0.2, -0.15) is 4.80 Å². The van der Waals surface area contributed by atoms with E-state index in [2.05, 4.69) is 44.6 Å². The second-order valence-electron chi connectivity index (χ2n) is 5.36. The van der Waals surface area contributed by atoms with Crippen molar-refractivity contribution in [2.75, 3.05) is 18.0 Å². The maximum atomic E-state index is 10.8. The first-order valence-corrected chi connectivity index (χ1v) is 7.44. The SMILES string of the molecule is CC(=O)OCc1nnn(C2CCN(c3ccccc3)CC2)n1. The van der Waals surface area contributed by atoms with Crippen LogP contribution < -0.4 is 4.90 Å². The number of nitrogens with zero attached hydrogens (tertiary/aromatic N) is 5. The zero-order valence-electron chi connectivity index (χ0n) is 12.6. The van der Waals surface area contributed by atoms with E-state index < -0.39 is 0 Å². The van der Waals surface area contributed by atoms with E-state index in [9.17, 15) is 4.79 Å². The molecule has 0 saturated carbocycles. The number of ether oxygens (including phenoxy) is 1. The number of anilines is 1. The second kappa shape index (κ2) is 6.55. The average molecular weight is 301 g/mol. The fourth-order valence-electron chi connectivity index (χ4n) is 2.63. The summed E-state index contributed by atoms with van der Waals surface area (Å²) in [5.41, 5.74) is 1.25. The van der Waals surface area contributed by atoms with Crippen LogP contribution in [-0.2, 0) is 16.1 Å². The van der Waals surface area contributed by atoms with Crippen LogP contribution in [0.1, 0.15) is 31.6 Å². The van der Waals surface area contributed by atoms with Crippen molar-refractivity contribution < 1.29 is 9.53 Å². The maximum absolute atomic E-state index is 10.8. The first-order chi connectivity index (χ1) is 10.7. The summed E-state index contributed by atoms with van der Waals surface area (Å²) < 4.78 is 4.88. The summed E-state index contributed by atoms with van der Waals surface area (Å²) in [6.07, 6.45) is 1.94. The van der Waals surface area contributed by atoms with E-state index in [1.54, 1.807) is 4.80 Å².